The molecule has 0 heterocycles. The first-order valence-electron chi connectivity index (χ1n) is 9.01. The van der Waals surface area contributed by atoms with E-state index in [1.54, 1.807) is 0 Å². The molecule has 1 aromatic rings. The smallest absolute Gasteiger partial charge is 0.0322 e. The Morgan fingerprint density at radius 3 is 2.48 bits per heavy atom. The Labute approximate surface area is 131 Å². The van der Waals surface area contributed by atoms with Crippen LogP contribution in [0.4, 0.5) is 0 Å². The maximum Gasteiger partial charge on any atom is 0.0322 e. The first-order chi connectivity index (χ1) is 10.2. The average molecular weight is 287 g/mol. The fourth-order valence-corrected chi connectivity index (χ4v) is 3.61. The second-order valence-corrected chi connectivity index (χ2v) is 7.09. The summed E-state index contributed by atoms with van der Waals surface area (Å²) >= 11 is 0. The zero-order valence-corrected chi connectivity index (χ0v) is 14.1. The number of unbranched alkanes of at least 4 members (excludes halogenated alkanes) is 2. The molecule has 1 N–H and O–H groups in total. The monoisotopic (exact) mass is 287 g/mol. The molecule has 21 heavy (non-hydrogen) atoms. The predicted molar refractivity (Wildman–Crippen MR) is 92.4 cm³/mol. The van der Waals surface area contributed by atoms with Gasteiger partial charge in [0.25, 0.3) is 0 Å². The highest BCUT2D eigenvalue weighted by Gasteiger charge is 2.26. The summed E-state index contributed by atoms with van der Waals surface area (Å²) < 4.78 is 0. The van der Waals surface area contributed by atoms with Crippen molar-refractivity contribution in [2.75, 3.05) is 0 Å². The molecule has 1 aliphatic rings. The standard InChI is InChI=1S/C20H33N/c1-4-5-7-12-20(18-10-8-6-9-11-18)21-19-14-13-16(2)17(3)15-19/h6,8-11,16-17,19-21H,4-5,7,12-15H2,1-3H3. The molecule has 1 aromatic carbocycles. The van der Waals surface area contributed by atoms with Crippen molar-refractivity contribution in [2.45, 2.75) is 77.8 Å². The molecule has 1 nitrogen and oxygen atoms in total. The van der Waals surface area contributed by atoms with Gasteiger partial charge in [0.05, 0.1) is 0 Å². The van der Waals surface area contributed by atoms with Crippen LogP contribution in [0.25, 0.3) is 0 Å². The molecule has 0 aliphatic heterocycles. The Hall–Kier alpha value is -0.820. The van der Waals surface area contributed by atoms with Gasteiger partial charge in [-0.1, -0.05) is 70.4 Å². The third-order valence-electron chi connectivity index (χ3n) is 5.33. The van der Waals surface area contributed by atoms with E-state index in [4.69, 9.17) is 0 Å². The maximum absolute atomic E-state index is 3.98. The van der Waals surface area contributed by atoms with Gasteiger partial charge in [0.1, 0.15) is 0 Å². The molecule has 0 amide bonds. The Kier molecular flexibility index (Phi) is 6.76. The van der Waals surface area contributed by atoms with Gasteiger partial charge in [-0.25, -0.2) is 0 Å². The SMILES string of the molecule is CCCCCC(NC1CCC(C)C(C)C1)c1ccccc1. The van der Waals surface area contributed by atoms with Crippen LogP contribution in [0, 0.1) is 11.8 Å². The highest BCUT2D eigenvalue weighted by Crippen LogP contribution is 2.31. The van der Waals surface area contributed by atoms with E-state index in [0.717, 1.165) is 11.8 Å². The van der Waals surface area contributed by atoms with Crippen molar-refractivity contribution in [2.24, 2.45) is 11.8 Å². The van der Waals surface area contributed by atoms with Crippen molar-refractivity contribution in [1.29, 1.82) is 0 Å². The van der Waals surface area contributed by atoms with Gasteiger partial charge in [-0.3, -0.25) is 0 Å². The summed E-state index contributed by atoms with van der Waals surface area (Å²) in [6.45, 7) is 7.12. The van der Waals surface area contributed by atoms with E-state index in [1.165, 1.54) is 50.5 Å². The summed E-state index contributed by atoms with van der Waals surface area (Å²) in [6.07, 6.45) is 9.35. The van der Waals surface area contributed by atoms with Crippen LogP contribution >= 0.6 is 0 Å². The molecule has 0 spiro atoms. The van der Waals surface area contributed by atoms with E-state index >= 15 is 0 Å². The molecule has 1 saturated carbocycles. The summed E-state index contributed by atoms with van der Waals surface area (Å²) in [5.74, 6) is 1.77. The van der Waals surface area contributed by atoms with E-state index in [2.05, 4.69) is 56.4 Å². The molecule has 1 fully saturated rings. The summed E-state index contributed by atoms with van der Waals surface area (Å²) in [7, 11) is 0. The van der Waals surface area contributed by atoms with E-state index in [1.807, 2.05) is 0 Å². The molecule has 1 heteroatoms. The molecule has 0 bridgehead atoms. The van der Waals surface area contributed by atoms with Gasteiger partial charge < -0.3 is 5.32 Å². The van der Waals surface area contributed by atoms with Crippen LogP contribution in [-0.2, 0) is 0 Å². The summed E-state index contributed by atoms with van der Waals surface area (Å²) in [6, 6.07) is 12.3. The molecule has 1 aliphatic carbocycles. The fraction of sp³-hybridized carbons (Fsp3) is 0.700. The number of nitrogens with one attached hydrogen (secondary N) is 1. The van der Waals surface area contributed by atoms with E-state index in [9.17, 15) is 0 Å². The lowest BCUT2D eigenvalue weighted by Crippen LogP contribution is -2.38. The number of rotatable bonds is 7. The molecule has 4 unspecified atom stereocenters. The van der Waals surface area contributed by atoms with Crippen LogP contribution in [0.2, 0.25) is 0 Å². The quantitative estimate of drug-likeness (QED) is 0.632. The molecular weight excluding hydrogens is 254 g/mol. The van der Waals surface area contributed by atoms with E-state index in [-0.39, 0.29) is 0 Å². The number of hydrogen-bond acceptors (Lipinski definition) is 1. The molecule has 118 valence electrons. The maximum atomic E-state index is 3.98. The van der Waals surface area contributed by atoms with Gasteiger partial charge in [-0.2, -0.15) is 0 Å². The van der Waals surface area contributed by atoms with Gasteiger partial charge in [-0.15, -0.1) is 0 Å². The summed E-state index contributed by atoms with van der Waals surface area (Å²) in [5.41, 5.74) is 1.47. The Morgan fingerprint density at radius 2 is 1.81 bits per heavy atom. The third-order valence-corrected chi connectivity index (χ3v) is 5.33. The van der Waals surface area contributed by atoms with Gasteiger partial charge in [0, 0.05) is 12.1 Å². The normalized spacial score (nSPS) is 27.5. The lowest BCUT2D eigenvalue weighted by Gasteiger charge is -2.35. The van der Waals surface area contributed by atoms with Gasteiger partial charge in [-0.05, 0) is 43.1 Å². The lowest BCUT2D eigenvalue weighted by atomic mass is 9.78. The Bertz CT molecular complexity index is 386. The molecule has 0 saturated heterocycles. The predicted octanol–water partition coefficient (Wildman–Crippen LogP) is 5.72. The van der Waals surface area contributed by atoms with Crippen LogP contribution in [0.5, 0.6) is 0 Å². The largest absolute Gasteiger partial charge is 0.307 e. The van der Waals surface area contributed by atoms with Crippen LogP contribution in [0.15, 0.2) is 30.3 Å². The van der Waals surface area contributed by atoms with Crippen LogP contribution < -0.4 is 5.32 Å². The molecule has 0 aromatic heterocycles. The molecular formula is C20H33N. The van der Waals surface area contributed by atoms with Crippen molar-refractivity contribution in [3.8, 4) is 0 Å². The van der Waals surface area contributed by atoms with Gasteiger partial charge in [0.15, 0.2) is 0 Å². The topological polar surface area (TPSA) is 12.0 Å². The van der Waals surface area contributed by atoms with Crippen LogP contribution in [0.3, 0.4) is 0 Å². The lowest BCUT2D eigenvalue weighted by molar-refractivity contribution is 0.212. The number of benzene rings is 1. The fourth-order valence-electron chi connectivity index (χ4n) is 3.61. The zero-order chi connectivity index (χ0) is 15.1. The zero-order valence-electron chi connectivity index (χ0n) is 14.1. The van der Waals surface area contributed by atoms with E-state index in [0.29, 0.717) is 12.1 Å². The highest BCUT2D eigenvalue weighted by atomic mass is 15.0. The van der Waals surface area contributed by atoms with Gasteiger partial charge >= 0.3 is 0 Å². The molecule has 0 radical (unpaired) electrons. The highest BCUT2D eigenvalue weighted by molar-refractivity contribution is 5.19. The van der Waals surface area contributed by atoms with Crippen LogP contribution in [0.1, 0.15) is 77.3 Å². The minimum Gasteiger partial charge on any atom is -0.307 e. The first-order valence-corrected chi connectivity index (χ1v) is 9.01. The van der Waals surface area contributed by atoms with Crippen molar-refractivity contribution in [3.05, 3.63) is 35.9 Å². The minimum atomic E-state index is 0.545. The molecule has 2 rings (SSSR count). The number of hydrogen-bond donors (Lipinski definition) is 1. The van der Waals surface area contributed by atoms with Gasteiger partial charge in [0.2, 0.25) is 0 Å². The summed E-state index contributed by atoms with van der Waals surface area (Å²) in [4.78, 5) is 0. The first kappa shape index (κ1) is 16.5. The van der Waals surface area contributed by atoms with E-state index < -0.39 is 0 Å². The second kappa shape index (κ2) is 8.58. The molecule has 4 atom stereocenters. The Morgan fingerprint density at radius 1 is 1.05 bits per heavy atom. The minimum absolute atomic E-state index is 0.545. The average Bonchev–Trinajstić information content (AvgIpc) is 2.51. The summed E-state index contributed by atoms with van der Waals surface area (Å²) in [5, 5.41) is 3.98. The van der Waals surface area contributed by atoms with Crippen molar-refractivity contribution in [3.63, 3.8) is 0 Å². The van der Waals surface area contributed by atoms with Crippen molar-refractivity contribution >= 4 is 0 Å². The second-order valence-electron chi connectivity index (χ2n) is 7.09. The third kappa shape index (κ3) is 5.14. The Balaban J connectivity index is 1.95. The van der Waals surface area contributed by atoms with Crippen LogP contribution in [-0.4, -0.2) is 6.04 Å². The van der Waals surface area contributed by atoms with Crippen molar-refractivity contribution in [1.82, 2.24) is 5.32 Å². The van der Waals surface area contributed by atoms with Crippen molar-refractivity contribution < 1.29 is 0 Å².